The van der Waals surface area contributed by atoms with Crippen molar-refractivity contribution in [2.45, 2.75) is 50.7 Å². The number of carbonyl (C=O) groups is 1. The Hall–Kier alpha value is -0.650. The first-order valence-corrected chi connectivity index (χ1v) is 7.41. The Labute approximate surface area is 115 Å². The van der Waals surface area contributed by atoms with Crippen LogP contribution in [0.3, 0.4) is 0 Å². The molecule has 0 radical (unpaired) electrons. The molecule has 1 amide bonds. The molecule has 5 nitrogen and oxygen atoms in total. The van der Waals surface area contributed by atoms with Crippen molar-refractivity contribution in [1.29, 1.82) is 0 Å². The molecule has 0 bridgehead atoms. The number of hydrogen-bond donors (Lipinski definition) is 2. The average Bonchev–Trinajstić information content (AvgIpc) is 2.40. The first kappa shape index (κ1) is 14.8. The largest absolute Gasteiger partial charge is 0.376 e. The van der Waals surface area contributed by atoms with E-state index in [0.29, 0.717) is 19.3 Å². The van der Waals surface area contributed by atoms with Crippen LogP contribution in [0.1, 0.15) is 39.0 Å². The van der Waals surface area contributed by atoms with Crippen LogP contribution in [-0.2, 0) is 14.3 Å². The number of carbonyl (C=O) groups excluding carboxylic acids is 1. The molecule has 0 aromatic heterocycles. The molecule has 2 aliphatic rings. The van der Waals surface area contributed by atoms with Crippen molar-refractivity contribution in [3.8, 4) is 0 Å². The van der Waals surface area contributed by atoms with Crippen LogP contribution in [0.4, 0.5) is 0 Å². The highest BCUT2D eigenvalue weighted by Crippen LogP contribution is 2.19. The number of hydrogen-bond acceptors (Lipinski definition) is 4. The highest BCUT2D eigenvalue weighted by atomic mass is 16.5. The Kier molecular flexibility index (Phi) is 5.60. The molecule has 0 spiro atoms. The predicted molar refractivity (Wildman–Crippen MR) is 73.1 cm³/mol. The van der Waals surface area contributed by atoms with E-state index in [1.165, 1.54) is 32.1 Å². The molecule has 2 fully saturated rings. The van der Waals surface area contributed by atoms with Crippen molar-refractivity contribution in [2.75, 3.05) is 32.8 Å². The van der Waals surface area contributed by atoms with Gasteiger partial charge < -0.3 is 20.1 Å². The van der Waals surface area contributed by atoms with Gasteiger partial charge in [0, 0.05) is 19.6 Å². The van der Waals surface area contributed by atoms with Crippen molar-refractivity contribution in [1.82, 2.24) is 10.6 Å². The van der Waals surface area contributed by atoms with Crippen LogP contribution in [0.2, 0.25) is 0 Å². The predicted octanol–water partition coefficient (Wildman–Crippen LogP) is 0.830. The fraction of sp³-hybridized carbons (Fsp3) is 0.929. The van der Waals surface area contributed by atoms with Crippen LogP contribution < -0.4 is 10.6 Å². The monoisotopic (exact) mass is 270 g/mol. The van der Waals surface area contributed by atoms with Gasteiger partial charge in [0.2, 0.25) is 5.91 Å². The normalized spacial score (nSPS) is 22.8. The molecule has 1 saturated heterocycles. The lowest BCUT2D eigenvalue weighted by atomic mass is 9.98. The molecule has 2 rings (SSSR count). The lowest BCUT2D eigenvalue weighted by Gasteiger charge is -2.38. The Morgan fingerprint density at radius 3 is 2.68 bits per heavy atom. The van der Waals surface area contributed by atoms with Crippen LogP contribution in [0.15, 0.2) is 0 Å². The van der Waals surface area contributed by atoms with Crippen LogP contribution in [0.5, 0.6) is 0 Å². The maximum Gasteiger partial charge on any atom is 0.246 e. The van der Waals surface area contributed by atoms with Crippen LogP contribution in [-0.4, -0.2) is 50.5 Å². The summed E-state index contributed by atoms with van der Waals surface area (Å²) in [6, 6.07) is 0. The molecule has 19 heavy (non-hydrogen) atoms. The van der Waals surface area contributed by atoms with Gasteiger partial charge >= 0.3 is 0 Å². The zero-order valence-corrected chi connectivity index (χ0v) is 11.9. The maximum absolute atomic E-state index is 11.6. The third-order valence-electron chi connectivity index (χ3n) is 3.88. The molecule has 5 heteroatoms. The highest BCUT2D eigenvalue weighted by Gasteiger charge is 2.32. The van der Waals surface area contributed by atoms with E-state index in [-0.39, 0.29) is 18.1 Å². The Balaban J connectivity index is 1.47. The van der Waals surface area contributed by atoms with Crippen LogP contribution in [0, 0.1) is 0 Å². The minimum Gasteiger partial charge on any atom is -0.376 e. The van der Waals surface area contributed by atoms with Crippen molar-refractivity contribution in [2.24, 2.45) is 0 Å². The summed E-state index contributed by atoms with van der Waals surface area (Å²) in [5, 5.41) is 5.97. The Morgan fingerprint density at radius 1 is 1.32 bits per heavy atom. The van der Waals surface area contributed by atoms with Gasteiger partial charge in [-0.2, -0.15) is 0 Å². The van der Waals surface area contributed by atoms with Gasteiger partial charge in [-0.05, 0) is 19.8 Å². The summed E-state index contributed by atoms with van der Waals surface area (Å²) >= 11 is 0. The molecule has 1 aliphatic heterocycles. The van der Waals surface area contributed by atoms with Crippen molar-refractivity contribution >= 4 is 5.91 Å². The van der Waals surface area contributed by atoms with E-state index in [1.54, 1.807) is 0 Å². The van der Waals surface area contributed by atoms with Gasteiger partial charge in [0.05, 0.1) is 18.3 Å². The van der Waals surface area contributed by atoms with E-state index >= 15 is 0 Å². The fourth-order valence-electron chi connectivity index (χ4n) is 2.52. The second-order valence-electron chi connectivity index (χ2n) is 5.82. The van der Waals surface area contributed by atoms with Crippen molar-refractivity contribution in [3.63, 3.8) is 0 Å². The molecule has 110 valence electrons. The molecular weight excluding hydrogens is 244 g/mol. The van der Waals surface area contributed by atoms with E-state index in [9.17, 15) is 4.79 Å². The van der Waals surface area contributed by atoms with Gasteiger partial charge in [0.15, 0.2) is 0 Å². The molecule has 0 aromatic rings. The number of amides is 1. The van der Waals surface area contributed by atoms with Gasteiger partial charge in [-0.1, -0.05) is 19.3 Å². The Bertz CT molecular complexity index is 286. The number of rotatable bonds is 7. The van der Waals surface area contributed by atoms with Gasteiger partial charge in [0.1, 0.15) is 6.61 Å². The lowest BCUT2D eigenvalue weighted by Crippen LogP contribution is -2.59. The van der Waals surface area contributed by atoms with Gasteiger partial charge in [-0.3, -0.25) is 4.79 Å². The molecule has 1 heterocycles. The minimum absolute atomic E-state index is 0.0552. The third-order valence-corrected chi connectivity index (χ3v) is 3.88. The topological polar surface area (TPSA) is 59.6 Å². The number of ether oxygens (including phenoxy) is 2. The standard InChI is InChI=1S/C14H26N2O3/c1-14(10-15-11-14)19-9-13(17)16-7-8-18-12-5-3-2-4-6-12/h12,15H,2-11H2,1H3,(H,16,17). The first-order chi connectivity index (χ1) is 9.18. The minimum atomic E-state index is -0.157. The molecule has 0 atom stereocenters. The zero-order valence-electron chi connectivity index (χ0n) is 11.9. The average molecular weight is 270 g/mol. The quantitative estimate of drug-likeness (QED) is 0.673. The van der Waals surface area contributed by atoms with Crippen molar-refractivity contribution in [3.05, 3.63) is 0 Å². The lowest BCUT2D eigenvalue weighted by molar-refractivity contribution is -0.136. The van der Waals surface area contributed by atoms with Crippen LogP contribution in [0.25, 0.3) is 0 Å². The summed E-state index contributed by atoms with van der Waals surface area (Å²) in [7, 11) is 0. The summed E-state index contributed by atoms with van der Waals surface area (Å²) in [5.74, 6) is -0.0552. The Morgan fingerprint density at radius 2 is 2.05 bits per heavy atom. The summed E-state index contributed by atoms with van der Waals surface area (Å²) in [5.41, 5.74) is -0.157. The summed E-state index contributed by atoms with van der Waals surface area (Å²) in [6.45, 7) is 4.99. The summed E-state index contributed by atoms with van der Waals surface area (Å²) < 4.78 is 11.3. The van der Waals surface area contributed by atoms with Gasteiger partial charge in [-0.25, -0.2) is 0 Å². The van der Waals surface area contributed by atoms with E-state index < -0.39 is 0 Å². The molecule has 2 N–H and O–H groups in total. The third kappa shape index (κ3) is 5.09. The van der Waals surface area contributed by atoms with E-state index in [0.717, 1.165) is 13.1 Å². The first-order valence-electron chi connectivity index (χ1n) is 7.41. The second kappa shape index (κ2) is 7.22. The molecule has 0 aromatic carbocycles. The number of nitrogens with one attached hydrogen (secondary N) is 2. The smallest absolute Gasteiger partial charge is 0.246 e. The second-order valence-corrected chi connectivity index (χ2v) is 5.82. The van der Waals surface area contributed by atoms with E-state index in [2.05, 4.69) is 10.6 Å². The zero-order chi connectivity index (χ0) is 13.6. The summed E-state index contributed by atoms with van der Waals surface area (Å²) in [4.78, 5) is 11.6. The maximum atomic E-state index is 11.6. The molecule has 1 saturated carbocycles. The molecule has 0 unspecified atom stereocenters. The molecule has 1 aliphatic carbocycles. The van der Waals surface area contributed by atoms with E-state index in [4.69, 9.17) is 9.47 Å². The SMILES string of the molecule is CC1(OCC(=O)NCCOC2CCCCC2)CNC1. The van der Waals surface area contributed by atoms with Gasteiger partial charge in [-0.15, -0.1) is 0 Å². The van der Waals surface area contributed by atoms with E-state index in [1.807, 2.05) is 6.92 Å². The fourth-order valence-corrected chi connectivity index (χ4v) is 2.52. The summed E-state index contributed by atoms with van der Waals surface area (Å²) in [6.07, 6.45) is 6.63. The van der Waals surface area contributed by atoms with Crippen LogP contribution >= 0.6 is 0 Å². The molecular formula is C14H26N2O3. The van der Waals surface area contributed by atoms with Crippen molar-refractivity contribution < 1.29 is 14.3 Å². The van der Waals surface area contributed by atoms with Gasteiger partial charge in [0.25, 0.3) is 0 Å². The highest BCUT2D eigenvalue weighted by molar-refractivity contribution is 5.77.